The first-order valence-electron chi connectivity index (χ1n) is 9.32. The molecule has 0 unspecified atom stereocenters. The summed E-state index contributed by atoms with van der Waals surface area (Å²) in [5.41, 5.74) is 3.62. The standard InChI is InChI=1S/C21H21BrClN3O5/c1-2-30-21(29)13-31-18-7-6-14(10-17(18)22)12-24-26-20(28)9-8-19(27)25-16-5-3-4-15(23)11-16/h3-7,10-12H,2,8-9,13H2,1H3,(H,25,27)(H,26,28). The lowest BCUT2D eigenvalue weighted by atomic mass is 10.2. The Morgan fingerprint density at radius 1 is 1.13 bits per heavy atom. The van der Waals surface area contributed by atoms with Gasteiger partial charge >= 0.3 is 5.97 Å². The Labute approximate surface area is 193 Å². The van der Waals surface area contributed by atoms with Gasteiger partial charge in [-0.25, -0.2) is 10.2 Å². The molecule has 0 aromatic heterocycles. The molecule has 0 bridgehead atoms. The summed E-state index contributed by atoms with van der Waals surface area (Å²) in [7, 11) is 0. The number of halogens is 2. The molecular weight excluding hydrogens is 490 g/mol. The third-order valence-corrected chi connectivity index (χ3v) is 4.55. The van der Waals surface area contributed by atoms with Crippen LogP contribution >= 0.6 is 27.5 Å². The second kappa shape index (κ2) is 12.7. The summed E-state index contributed by atoms with van der Waals surface area (Å²) in [6.45, 7) is 1.81. The van der Waals surface area contributed by atoms with Crippen LogP contribution < -0.4 is 15.5 Å². The lowest BCUT2D eigenvalue weighted by Crippen LogP contribution is -2.20. The largest absolute Gasteiger partial charge is 0.481 e. The van der Waals surface area contributed by atoms with Gasteiger partial charge < -0.3 is 14.8 Å². The number of hydrogen-bond donors (Lipinski definition) is 2. The van der Waals surface area contributed by atoms with E-state index in [9.17, 15) is 14.4 Å². The molecule has 8 nitrogen and oxygen atoms in total. The molecule has 10 heteroatoms. The molecule has 2 amide bonds. The van der Waals surface area contributed by atoms with Crippen LogP contribution in [0.2, 0.25) is 5.02 Å². The van der Waals surface area contributed by atoms with Gasteiger partial charge in [0.2, 0.25) is 11.8 Å². The van der Waals surface area contributed by atoms with E-state index in [0.29, 0.717) is 26.5 Å². The summed E-state index contributed by atoms with van der Waals surface area (Å²) in [6, 6.07) is 11.8. The molecular formula is C21H21BrClN3O5. The monoisotopic (exact) mass is 509 g/mol. The Balaban J connectivity index is 1.75. The number of nitrogens with zero attached hydrogens (tertiary/aromatic N) is 1. The molecule has 164 valence electrons. The van der Waals surface area contributed by atoms with Crippen molar-refractivity contribution in [3.8, 4) is 5.75 Å². The van der Waals surface area contributed by atoms with Gasteiger partial charge in [0, 0.05) is 23.6 Å². The number of carbonyl (C=O) groups excluding carboxylic acids is 3. The van der Waals surface area contributed by atoms with Crippen LogP contribution in [0.15, 0.2) is 52.0 Å². The van der Waals surface area contributed by atoms with Crippen molar-refractivity contribution in [2.24, 2.45) is 5.10 Å². The zero-order valence-electron chi connectivity index (χ0n) is 16.7. The first-order chi connectivity index (χ1) is 14.9. The Morgan fingerprint density at radius 2 is 1.90 bits per heavy atom. The summed E-state index contributed by atoms with van der Waals surface area (Å²) in [5, 5.41) is 7.05. The van der Waals surface area contributed by atoms with Crippen LogP contribution in [0.4, 0.5) is 5.69 Å². The maximum absolute atomic E-state index is 11.9. The van der Waals surface area contributed by atoms with Gasteiger partial charge in [-0.3, -0.25) is 9.59 Å². The van der Waals surface area contributed by atoms with Gasteiger partial charge in [0.1, 0.15) is 5.75 Å². The quantitative estimate of drug-likeness (QED) is 0.286. The van der Waals surface area contributed by atoms with Crippen molar-refractivity contribution >= 4 is 57.2 Å². The number of nitrogens with one attached hydrogen (secondary N) is 2. The van der Waals surface area contributed by atoms with Gasteiger partial charge in [-0.15, -0.1) is 0 Å². The summed E-state index contributed by atoms with van der Waals surface area (Å²) >= 11 is 9.21. The molecule has 0 aliphatic carbocycles. The van der Waals surface area contributed by atoms with Crippen molar-refractivity contribution in [3.05, 3.63) is 57.5 Å². The molecule has 0 atom stereocenters. The van der Waals surface area contributed by atoms with E-state index < -0.39 is 11.9 Å². The zero-order valence-corrected chi connectivity index (χ0v) is 19.0. The molecule has 0 fully saturated rings. The summed E-state index contributed by atoms with van der Waals surface area (Å²) in [5.74, 6) is -0.682. The molecule has 0 aliphatic heterocycles. The van der Waals surface area contributed by atoms with E-state index in [-0.39, 0.29) is 32.0 Å². The third-order valence-electron chi connectivity index (χ3n) is 3.70. The van der Waals surface area contributed by atoms with Crippen LogP contribution in [0.25, 0.3) is 0 Å². The van der Waals surface area contributed by atoms with Gasteiger partial charge in [0.25, 0.3) is 0 Å². The average Bonchev–Trinajstić information content (AvgIpc) is 2.72. The Morgan fingerprint density at radius 3 is 2.61 bits per heavy atom. The first-order valence-corrected chi connectivity index (χ1v) is 10.5. The van der Waals surface area contributed by atoms with E-state index in [1.165, 1.54) is 6.21 Å². The highest BCUT2D eigenvalue weighted by Crippen LogP contribution is 2.25. The minimum atomic E-state index is -0.455. The second-order valence-electron chi connectivity index (χ2n) is 6.14. The van der Waals surface area contributed by atoms with E-state index in [4.69, 9.17) is 21.1 Å². The number of hydrogen-bond acceptors (Lipinski definition) is 6. The number of anilines is 1. The van der Waals surface area contributed by atoms with Crippen LogP contribution in [0, 0.1) is 0 Å². The smallest absolute Gasteiger partial charge is 0.344 e. The summed E-state index contributed by atoms with van der Waals surface area (Å²) in [4.78, 5) is 35.1. The van der Waals surface area contributed by atoms with Crippen molar-refractivity contribution in [1.82, 2.24) is 5.43 Å². The van der Waals surface area contributed by atoms with E-state index in [0.717, 1.165) is 0 Å². The fraction of sp³-hybridized carbons (Fsp3) is 0.238. The first kappa shape index (κ1) is 24.4. The van der Waals surface area contributed by atoms with Crippen LogP contribution in [0.5, 0.6) is 5.75 Å². The van der Waals surface area contributed by atoms with Crippen LogP contribution in [0.1, 0.15) is 25.3 Å². The van der Waals surface area contributed by atoms with Crippen LogP contribution in [0.3, 0.4) is 0 Å². The molecule has 0 saturated carbocycles. The van der Waals surface area contributed by atoms with Crippen molar-refractivity contribution in [2.45, 2.75) is 19.8 Å². The van der Waals surface area contributed by atoms with E-state index in [1.807, 2.05) is 0 Å². The van der Waals surface area contributed by atoms with Crippen molar-refractivity contribution < 1.29 is 23.9 Å². The summed E-state index contributed by atoms with van der Waals surface area (Å²) in [6.07, 6.45) is 1.43. The average molecular weight is 511 g/mol. The highest BCUT2D eigenvalue weighted by molar-refractivity contribution is 9.10. The van der Waals surface area contributed by atoms with Crippen LogP contribution in [-0.2, 0) is 19.1 Å². The van der Waals surface area contributed by atoms with Gasteiger partial charge in [0.15, 0.2) is 6.61 Å². The molecule has 2 aromatic rings. The second-order valence-corrected chi connectivity index (χ2v) is 7.43. The molecule has 0 spiro atoms. The minimum Gasteiger partial charge on any atom is -0.481 e. The molecule has 0 aliphatic rings. The predicted molar refractivity (Wildman–Crippen MR) is 121 cm³/mol. The molecule has 0 saturated heterocycles. The van der Waals surface area contributed by atoms with E-state index in [2.05, 4.69) is 31.8 Å². The van der Waals surface area contributed by atoms with Crippen molar-refractivity contribution in [3.63, 3.8) is 0 Å². The summed E-state index contributed by atoms with van der Waals surface area (Å²) < 4.78 is 10.8. The number of esters is 1. The Kier molecular flexibility index (Phi) is 9.99. The maximum Gasteiger partial charge on any atom is 0.344 e. The highest BCUT2D eigenvalue weighted by atomic mass is 79.9. The Bertz CT molecular complexity index is 968. The number of hydrazone groups is 1. The minimum absolute atomic E-state index is 0.00587. The fourth-order valence-electron chi connectivity index (χ4n) is 2.31. The molecule has 2 N–H and O–H groups in total. The molecule has 0 heterocycles. The SMILES string of the molecule is CCOC(=O)COc1ccc(C=NNC(=O)CCC(=O)Nc2cccc(Cl)c2)cc1Br. The van der Waals surface area contributed by atoms with E-state index >= 15 is 0 Å². The van der Waals surface area contributed by atoms with Gasteiger partial charge in [-0.2, -0.15) is 5.10 Å². The third kappa shape index (κ3) is 9.18. The number of benzene rings is 2. The molecule has 0 radical (unpaired) electrons. The van der Waals surface area contributed by atoms with Gasteiger partial charge in [-0.1, -0.05) is 17.7 Å². The lowest BCUT2D eigenvalue weighted by molar-refractivity contribution is -0.145. The normalized spacial score (nSPS) is 10.5. The van der Waals surface area contributed by atoms with E-state index in [1.54, 1.807) is 49.4 Å². The predicted octanol–water partition coefficient (Wildman–Crippen LogP) is 3.91. The maximum atomic E-state index is 11.9. The molecule has 2 aromatic carbocycles. The number of carbonyl (C=O) groups is 3. The van der Waals surface area contributed by atoms with Crippen molar-refractivity contribution in [1.29, 1.82) is 0 Å². The number of rotatable bonds is 10. The number of amides is 2. The van der Waals surface area contributed by atoms with Crippen LogP contribution in [-0.4, -0.2) is 37.2 Å². The number of ether oxygens (including phenoxy) is 2. The highest BCUT2D eigenvalue weighted by Gasteiger charge is 2.08. The van der Waals surface area contributed by atoms with Gasteiger partial charge in [0.05, 0.1) is 17.3 Å². The zero-order chi connectivity index (χ0) is 22.6. The molecule has 2 rings (SSSR count). The topological polar surface area (TPSA) is 106 Å². The molecule has 31 heavy (non-hydrogen) atoms. The van der Waals surface area contributed by atoms with Crippen molar-refractivity contribution in [2.75, 3.05) is 18.5 Å². The van der Waals surface area contributed by atoms with Gasteiger partial charge in [-0.05, 0) is 64.8 Å². The fourth-order valence-corrected chi connectivity index (χ4v) is 3.01. The lowest BCUT2D eigenvalue weighted by Gasteiger charge is -2.08. The Hall–Kier alpha value is -2.91.